The number of halogens is 1. The van der Waals surface area contributed by atoms with E-state index in [0.29, 0.717) is 5.02 Å². The lowest BCUT2D eigenvalue weighted by molar-refractivity contribution is 0.105. The normalized spacial score (nSPS) is 24.3. The van der Waals surface area contributed by atoms with Gasteiger partial charge in [0.2, 0.25) is 0 Å². The van der Waals surface area contributed by atoms with Crippen molar-refractivity contribution in [3.63, 3.8) is 0 Å². The molecule has 0 saturated heterocycles. The number of hydrogen-bond acceptors (Lipinski definition) is 1. The van der Waals surface area contributed by atoms with Crippen molar-refractivity contribution in [3.8, 4) is 0 Å². The molecule has 0 saturated carbocycles. The van der Waals surface area contributed by atoms with Gasteiger partial charge in [-0.25, -0.2) is 0 Å². The zero-order chi connectivity index (χ0) is 11.9. The Morgan fingerprint density at radius 1 is 1.38 bits per heavy atom. The lowest BCUT2D eigenvalue weighted by atomic mass is 9.92. The summed E-state index contributed by atoms with van der Waals surface area (Å²) in [6, 6.07) is 5.67. The van der Waals surface area contributed by atoms with Crippen molar-refractivity contribution in [2.24, 2.45) is 0 Å². The van der Waals surface area contributed by atoms with Crippen LogP contribution in [0.5, 0.6) is 0 Å². The van der Waals surface area contributed by atoms with Gasteiger partial charge in [0, 0.05) is 5.02 Å². The van der Waals surface area contributed by atoms with E-state index in [1.807, 2.05) is 51.1 Å². The molecule has 1 aromatic rings. The number of aliphatic hydroxyl groups is 1. The lowest BCUT2D eigenvalue weighted by Gasteiger charge is -2.21. The lowest BCUT2D eigenvalue weighted by Crippen LogP contribution is -2.20. The second-order valence-electron chi connectivity index (χ2n) is 4.30. The largest absolute Gasteiger partial charge is 0.381 e. The van der Waals surface area contributed by atoms with Gasteiger partial charge in [-0.15, -0.1) is 0 Å². The number of hydrogen-bond donors (Lipinski definition) is 1. The molecule has 0 spiro atoms. The summed E-state index contributed by atoms with van der Waals surface area (Å²) in [4.78, 5) is 0. The fourth-order valence-electron chi connectivity index (χ4n) is 2.36. The van der Waals surface area contributed by atoms with Gasteiger partial charge in [0.25, 0.3) is 0 Å². The van der Waals surface area contributed by atoms with Crippen molar-refractivity contribution >= 4 is 17.2 Å². The first kappa shape index (κ1) is 11.4. The molecular formula is C14H15ClO. The molecule has 1 atom stereocenters. The second-order valence-corrected chi connectivity index (χ2v) is 4.74. The summed E-state index contributed by atoms with van der Waals surface area (Å²) in [6.07, 6.45) is 3.91. The van der Waals surface area contributed by atoms with Crippen molar-refractivity contribution in [1.29, 1.82) is 0 Å². The highest BCUT2D eigenvalue weighted by molar-refractivity contribution is 6.30. The van der Waals surface area contributed by atoms with E-state index in [9.17, 15) is 5.11 Å². The van der Waals surface area contributed by atoms with Crippen LogP contribution < -0.4 is 0 Å². The first-order valence-corrected chi connectivity index (χ1v) is 5.73. The summed E-state index contributed by atoms with van der Waals surface area (Å²) in [5.74, 6) is 0. The van der Waals surface area contributed by atoms with Gasteiger partial charge in [0.15, 0.2) is 0 Å². The zero-order valence-corrected chi connectivity index (χ0v) is 10.5. The molecule has 0 aromatic heterocycles. The molecule has 0 heterocycles. The quantitative estimate of drug-likeness (QED) is 0.781. The van der Waals surface area contributed by atoms with Gasteiger partial charge in [0.05, 0.1) is 0 Å². The Hall–Kier alpha value is -1.05. The first-order valence-electron chi connectivity index (χ1n) is 5.35. The molecule has 84 valence electrons. The molecule has 0 amide bonds. The van der Waals surface area contributed by atoms with Gasteiger partial charge in [-0.1, -0.05) is 29.8 Å². The molecule has 2 heteroatoms. The fraction of sp³-hybridized carbons (Fsp3) is 0.286. The Morgan fingerprint density at radius 2 is 2.06 bits per heavy atom. The summed E-state index contributed by atoms with van der Waals surface area (Å²) in [7, 11) is 0. The van der Waals surface area contributed by atoms with Gasteiger partial charge in [-0.2, -0.15) is 0 Å². The van der Waals surface area contributed by atoms with Crippen LogP contribution in [-0.4, -0.2) is 5.11 Å². The molecule has 1 unspecified atom stereocenters. The Balaban J connectivity index is 2.69. The monoisotopic (exact) mass is 234 g/mol. The van der Waals surface area contributed by atoms with Crippen LogP contribution in [0.3, 0.4) is 0 Å². The van der Waals surface area contributed by atoms with Crippen LogP contribution in [-0.2, 0) is 5.60 Å². The highest BCUT2D eigenvalue weighted by Crippen LogP contribution is 2.45. The highest BCUT2D eigenvalue weighted by Gasteiger charge is 2.36. The third-order valence-electron chi connectivity index (χ3n) is 3.17. The molecule has 1 nitrogen and oxygen atoms in total. The standard InChI is InChI=1S/C14H15ClO/c1-4-5-12-9(2)11-7-6-10(15)8-13(11)14(12,3)16/h4-8,16H,1-3H3/b5-4-. The molecule has 1 aliphatic rings. The molecule has 1 aromatic carbocycles. The summed E-state index contributed by atoms with van der Waals surface area (Å²) in [6.45, 7) is 5.80. The Kier molecular flexibility index (Phi) is 2.69. The number of benzene rings is 1. The highest BCUT2D eigenvalue weighted by atomic mass is 35.5. The molecule has 0 bridgehead atoms. The van der Waals surface area contributed by atoms with E-state index < -0.39 is 5.60 Å². The van der Waals surface area contributed by atoms with E-state index in [4.69, 9.17) is 11.6 Å². The Labute approximate surface area is 101 Å². The minimum Gasteiger partial charge on any atom is -0.381 e. The van der Waals surface area contributed by atoms with Crippen LogP contribution in [0.2, 0.25) is 5.02 Å². The van der Waals surface area contributed by atoms with Gasteiger partial charge in [0.1, 0.15) is 5.60 Å². The molecule has 0 aliphatic heterocycles. The Morgan fingerprint density at radius 3 is 2.69 bits per heavy atom. The van der Waals surface area contributed by atoms with Crippen molar-refractivity contribution in [2.75, 3.05) is 0 Å². The third kappa shape index (κ3) is 1.51. The van der Waals surface area contributed by atoms with Crippen molar-refractivity contribution in [2.45, 2.75) is 26.4 Å². The van der Waals surface area contributed by atoms with E-state index in [2.05, 4.69) is 0 Å². The van der Waals surface area contributed by atoms with Crippen LogP contribution in [0.15, 0.2) is 35.9 Å². The molecule has 0 radical (unpaired) electrons. The van der Waals surface area contributed by atoms with Gasteiger partial charge < -0.3 is 5.11 Å². The van der Waals surface area contributed by atoms with Crippen LogP contribution >= 0.6 is 11.6 Å². The summed E-state index contributed by atoms with van der Waals surface area (Å²) < 4.78 is 0. The SMILES string of the molecule is C/C=C\C1=C(C)c2ccc(Cl)cc2C1(C)O. The van der Waals surface area contributed by atoms with Gasteiger partial charge in [-0.05, 0) is 55.2 Å². The number of fused-ring (bicyclic) bond motifs is 1. The number of allylic oxidation sites excluding steroid dienone is 2. The predicted molar refractivity (Wildman–Crippen MR) is 68.4 cm³/mol. The molecule has 2 rings (SSSR count). The van der Waals surface area contributed by atoms with E-state index in [-0.39, 0.29) is 0 Å². The second kappa shape index (κ2) is 3.76. The summed E-state index contributed by atoms with van der Waals surface area (Å²) in [5, 5.41) is 11.2. The van der Waals surface area contributed by atoms with Crippen LogP contribution in [0.25, 0.3) is 5.57 Å². The zero-order valence-electron chi connectivity index (χ0n) is 9.71. The molecular weight excluding hydrogens is 220 g/mol. The van der Waals surface area contributed by atoms with Gasteiger partial charge in [-0.3, -0.25) is 0 Å². The Bertz CT molecular complexity index is 495. The maximum absolute atomic E-state index is 10.6. The smallest absolute Gasteiger partial charge is 0.113 e. The molecule has 1 N–H and O–H groups in total. The maximum Gasteiger partial charge on any atom is 0.113 e. The van der Waals surface area contributed by atoms with Crippen LogP contribution in [0.1, 0.15) is 31.9 Å². The minimum atomic E-state index is -0.934. The molecule has 0 fully saturated rings. The first-order chi connectivity index (χ1) is 7.48. The van der Waals surface area contributed by atoms with Crippen LogP contribution in [0, 0.1) is 0 Å². The average Bonchev–Trinajstić information content (AvgIpc) is 2.40. The maximum atomic E-state index is 10.6. The molecule has 16 heavy (non-hydrogen) atoms. The van der Waals surface area contributed by atoms with Crippen molar-refractivity contribution in [3.05, 3.63) is 52.1 Å². The molecule has 1 aliphatic carbocycles. The van der Waals surface area contributed by atoms with Crippen LogP contribution in [0.4, 0.5) is 0 Å². The fourth-order valence-corrected chi connectivity index (χ4v) is 2.53. The third-order valence-corrected chi connectivity index (χ3v) is 3.41. The van der Waals surface area contributed by atoms with E-state index in [0.717, 1.165) is 22.3 Å². The van der Waals surface area contributed by atoms with E-state index in [1.165, 1.54) is 0 Å². The van der Waals surface area contributed by atoms with E-state index >= 15 is 0 Å². The van der Waals surface area contributed by atoms with E-state index in [1.54, 1.807) is 0 Å². The minimum absolute atomic E-state index is 0.661. The van der Waals surface area contributed by atoms with Gasteiger partial charge >= 0.3 is 0 Å². The van der Waals surface area contributed by atoms with Crippen molar-refractivity contribution in [1.82, 2.24) is 0 Å². The summed E-state index contributed by atoms with van der Waals surface area (Å²) in [5.41, 5.74) is 3.12. The average molecular weight is 235 g/mol. The predicted octanol–water partition coefficient (Wildman–Crippen LogP) is 3.91. The summed E-state index contributed by atoms with van der Waals surface area (Å²) >= 11 is 5.98. The number of rotatable bonds is 1. The topological polar surface area (TPSA) is 20.2 Å². The van der Waals surface area contributed by atoms with Crippen molar-refractivity contribution < 1.29 is 5.11 Å².